The molecule has 0 aromatic rings. The van der Waals surface area contributed by atoms with Crippen molar-refractivity contribution in [3.05, 3.63) is 0 Å². The maximum atomic E-state index is 9.73. The minimum absolute atomic E-state index is 0.0136. The Bertz CT molecular complexity index is 243. The fourth-order valence-electron chi connectivity index (χ4n) is 2.49. The zero-order valence-corrected chi connectivity index (χ0v) is 8.20. The number of aliphatic hydroxyl groups is 1. The van der Waals surface area contributed by atoms with Crippen molar-refractivity contribution < 1.29 is 9.84 Å². The molecule has 0 saturated carbocycles. The average molecular weight is 196 g/mol. The second-order valence-corrected chi connectivity index (χ2v) is 4.26. The summed E-state index contributed by atoms with van der Waals surface area (Å²) < 4.78 is 5.22. The predicted octanol–water partition coefficient (Wildman–Crippen LogP) is -0.113. The van der Waals surface area contributed by atoms with Crippen LogP contribution in [0.2, 0.25) is 0 Å². The van der Waals surface area contributed by atoms with E-state index in [-0.39, 0.29) is 5.92 Å². The molecule has 2 heterocycles. The monoisotopic (exact) mass is 196 g/mol. The Balaban J connectivity index is 2.14. The van der Waals surface area contributed by atoms with Gasteiger partial charge in [-0.25, -0.2) is 0 Å². The topological polar surface area (TPSA) is 65.3 Å². The van der Waals surface area contributed by atoms with Crippen LogP contribution in [0.3, 0.4) is 0 Å². The van der Waals surface area contributed by atoms with Gasteiger partial charge in [0.2, 0.25) is 0 Å². The van der Waals surface area contributed by atoms with Crippen LogP contribution in [0, 0.1) is 22.7 Å². The molecule has 0 aromatic heterocycles. The first-order valence-corrected chi connectivity index (χ1v) is 5.16. The van der Waals surface area contributed by atoms with Crippen LogP contribution in [-0.4, -0.2) is 37.5 Å². The third-order valence-electron chi connectivity index (χ3n) is 3.40. The van der Waals surface area contributed by atoms with Crippen molar-refractivity contribution in [2.24, 2.45) is 11.3 Å². The highest BCUT2D eigenvalue weighted by Gasteiger charge is 2.46. The number of nitriles is 1. The first kappa shape index (κ1) is 9.91. The lowest BCUT2D eigenvalue weighted by Gasteiger charge is -2.37. The number of nitrogens with one attached hydrogen (secondary N) is 1. The van der Waals surface area contributed by atoms with Crippen LogP contribution in [0.4, 0.5) is 0 Å². The van der Waals surface area contributed by atoms with Crippen LogP contribution in [0.15, 0.2) is 0 Å². The van der Waals surface area contributed by atoms with Crippen molar-refractivity contribution in [3.8, 4) is 6.07 Å². The van der Waals surface area contributed by atoms with E-state index in [0.29, 0.717) is 19.8 Å². The number of rotatable bonds is 1. The van der Waals surface area contributed by atoms with Gasteiger partial charge in [0.25, 0.3) is 0 Å². The summed E-state index contributed by atoms with van der Waals surface area (Å²) in [5.74, 6) is -0.0136. The first-order valence-electron chi connectivity index (χ1n) is 5.16. The zero-order chi connectivity index (χ0) is 10.0. The Labute approximate surface area is 83.9 Å². The molecule has 0 bridgehead atoms. The van der Waals surface area contributed by atoms with Gasteiger partial charge in [-0.05, 0) is 19.4 Å². The Morgan fingerprint density at radius 3 is 2.86 bits per heavy atom. The summed E-state index contributed by atoms with van der Waals surface area (Å²) in [7, 11) is 0. The lowest BCUT2D eigenvalue weighted by Crippen LogP contribution is -2.47. The van der Waals surface area contributed by atoms with Gasteiger partial charge in [-0.2, -0.15) is 5.26 Å². The third kappa shape index (κ3) is 1.52. The molecule has 0 aromatic carbocycles. The number of ether oxygens (including phenoxy) is 1. The molecule has 0 spiro atoms. The molecular weight excluding hydrogens is 180 g/mol. The van der Waals surface area contributed by atoms with E-state index in [2.05, 4.69) is 11.4 Å². The van der Waals surface area contributed by atoms with Gasteiger partial charge in [0.15, 0.2) is 0 Å². The molecule has 0 radical (unpaired) electrons. The lowest BCUT2D eigenvalue weighted by molar-refractivity contribution is 0.0677. The highest BCUT2D eigenvalue weighted by molar-refractivity contribution is 5.09. The summed E-state index contributed by atoms with van der Waals surface area (Å²) in [5.41, 5.74) is -0.409. The highest BCUT2D eigenvalue weighted by atomic mass is 16.5. The van der Waals surface area contributed by atoms with Crippen LogP contribution in [-0.2, 0) is 4.74 Å². The molecule has 3 unspecified atom stereocenters. The van der Waals surface area contributed by atoms with Crippen LogP contribution < -0.4 is 5.32 Å². The summed E-state index contributed by atoms with van der Waals surface area (Å²) in [6, 6.07) is 2.39. The van der Waals surface area contributed by atoms with Gasteiger partial charge >= 0.3 is 0 Å². The predicted molar refractivity (Wildman–Crippen MR) is 50.5 cm³/mol. The standard InChI is InChI=1S/C10H16N2O2/c11-6-10(2-1-3-12-7-10)8-4-14-5-9(8)13/h8-9,12-13H,1-5,7H2. The maximum Gasteiger partial charge on any atom is 0.0839 e. The van der Waals surface area contributed by atoms with E-state index in [9.17, 15) is 10.4 Å². The fourth-order valence-corrected chi connectivity index (χ4v) is 2.49. The Morgan fingerprint density at radius 1 is 1.50 bits per heavy atom. The molecule has 4 heteroatoms. The summed E-state index contributed by atoms with van der Waals surface area (Å²) >= 11 is 0. The zero-order valence-electron chi connectivity index (χ0n) is 8.20. The van der Waals surface area contributed by atoms with Crippen molar-refractivity contribution in [2.45, 2.75) is 18.9 Å². The number of piperidine rings is 1. The number of nitrogens with zero attached hydrogens (tertiary/aromatic N) is 1. The van der Waals surface area contributed by atoms with E-state index < -0.39 is 11.5 Å². The Hall–Kier alpha value is -0.630. The van der Waals surface area contributed by atoms with Crippen molar-refractivity contribution in [2.75, 3.05) is 26.3 Å². The second-order valence-electron chi connectivity index (χ2n) is 4.26. The number of hydrogen-bond acceptors (Lipinski definition) is 4. The smallest absolute Gasteiger partial charge is 0.0839 e. The van der Waals surface area contributed by atoms with Gasteiger partial charge in [-0.3, -0.25) is 0 Å². The van der Waals surface area contributed by atoms with Gasteiger partial charge in [-0.15, -0.1) is 0 Å². The van der Waals surface area contributed by atoms with Crippen molar-refractivity contribution in [1.29, 1.82) is 5.26 Å². The van der Waals surface area contributed by atoms with Gasteiger partial charge in [-0.1, -0.05) is 0 Å². The summed E-state index contributed by atoms with van der Waals surface area (Å²) in [6.45, 7) is 2.58. The molecule has 2 rings (SSSR count). The molecule has 2 aliphatic rings. The van der Waals surface area contributed by atoms with E-state index in [0.717, 1.165) is 19.4 Å². The Morgan fingerprint density at radius 2 is 2.36 bits per heavy atom. The van der Waals surface area contributed by atoms with E-state index in [1.807, 2.05) is 0 Å². The van der Waals surface area contributed by atoms with E-state index in [4.69, 9.17) is 4.74 Å². The number of hydrogen-bond donors (Lipinski definition) is 2. The molecule has 78 valence electrons. The molecule has 2 fully saturated rings. The van der Waals surface area contributed by atoms with Crippen molar-refractivity contribution in [1.82, 2.24) is 5.32 Å². The van der Waals surface area contributed by atoms with Gasteiger partial charge in [0.05, 0.1) is 30.8 Å². The molecule has 3 atom stereocenters. The second kappa shape index (κ2) is 3.85. The minimum atomic E-state index is -0.463. The Kier molecular flexibility index (Phi) is 2.73. The summed E-state index contributed by atoms with van der Waals surface area (Å²) in [6.07, 6.45) is 1.42. The lowest BCUT2D eigenvalue weighted by atomic mass is 9.70. The van der Waals surface area contributed by atoms with Crippen molar-refractivity contribution in [3.63, 3.8) is 0 Å². The first-order chi connectivity index (χ1) is 6.78. The van der Waals surface area contributed by atoms with Crippen LogP contribution in [0.25, 0.3) is 0 Å². The molecule has 2 saturated heterocycles. The average Bonchev–Trinajstić information content (AvgIpc) is 2.66. The van der Waals surface area contributed by atoms with Gasteiger partial charge in [0, 0.05) is 12.5 Å². The van der Waals surface area contributed by atoms with Crippen molar-refractivity contribution >= 4 is 0 Å². The van der Waals surface area contributed by atoms with E-state index in [1.54, 1.807) is 0 Å². The summed E-state index contributed by atoms with van der Waals surface area (Å²) in [4.78, 5) is 0. The normalized spacial score (nSPS) is 43.4. The molecular formula is C10H16N2O2. The molecule has 14 heavy (non-hydrogen) atoms. The van der Waals surface area contributed by atoms with Crippen LogP contribution in [0.1, 0.15) is 12.8 Å². The highest BCUT2D eigenvalue weighted by Crippen LogP contribution is 2.38. The third-order valence-corrected chi connectivity index (χ3v) is 3.40. The van der Waals surface area contributed by atoms with E-state index in [1.165, 1.54) is 0 Å². The largest absolute Gasteiger partial charge is 0.390 e. The quantitative estimate of drug-likeness (QED) is 0.614. The summed E-state index contributed by atoms with van der Waals surface area (Å²) in [5, 5.41) is 22.2. The molecule has 0 aliphatic carbocycles. The number of aliphatic hydroxyl groups excluding tert-OH is 1. The minimum Gasteiger partial charge on any atom is -0.390 e. The van der Waals surface area contributed by atoms with Crippen LogP contribution in [0.5, 0.6) is 0 Å². The SMILES string of the molecule is N#CC1(C2COCC2O)CCCNC1. The molecule has 4 nitrogen and oxygen atoms in total. The molecule has 2 N–H and O–H groups in total. The maximum absolute atomic E-state index is 9.73. The fraction of sp³-hybridized carbons (Fsp3) is 0.900. The van der Waals surface area contributed by atoms with Gasteiger partial charge in [0.1, 0.15) is 0 Å². The molecule has 2 aliphatic heterocycles. The van der Waals surface area contributed by atoms with Crippen LogP contribution >= 0.6 is 0 Å². The molecule has 0 amide bonds. The van der Waals surface area contributed by atoms with Gasteiger partial charge < -0.3 is 15.2 Å². The van der Waals surface area contributed by atoms with E-state index >= 15 is 0 Å².